The number of ether oxygens (including phenoxy) is 1. The molecular formula is C9H3F6IN2O. The highest BCUT2D eigenvalue weighted by molar-refractivity contribution is 14.1. The second kappa shape index (κ2) is 5.40. The van der Waals surface area contributed by atoms with Crippen molar-refractivity contribution in [2.45, 2.75) is 19.0 Å². The monoisotopic (exact) mass is 396 g/mol. The van der Waals surface area contributed by atoms with Crippen molar-refractivity contribution < 1.29 is 31.1 Å². The molecule has 104 valence electrons. The summed E-state index contributed by atoms with van der Waals surface area (Å²) in [6.45, 7) is 0. The fourth-order valence-corrected chi connectivity index (χ4v) is 1.80. The van der Waals surface area contributed by atoms with Crippen molar-refractivity contribution in [3.05, 3.63) is 21.0 Å². The van der Waals surface area contributed by atoms with Crippen LogP contribution in [0.15, 0.2) is 6.20 Å². The van der Waals surface area contributed by atoms with Crippen molar-refractivity contribution in [1.29, 1.82) is 5.26 Å². The topological polar surface area (TPSA) is 45.9 Å². The minimum absolute atomic E-state index is 0.270. The van der Waals surface area contributed by atoms with Crippen molar-refractivity contribution >= 4 is 22.6 Å². The summed E-state index contributed by atoms with van der Waals surface area (Å²) in [7, 11) is 0. The van der Waals surface area contributed by atoms with Gasteiger partial charge in [0.25, 0.3) is 0 Å². The molecule has 0 aromatic carbocycles. The van der Waals surface area contributed by atoms with Gasteiger partial charge >= 0.3 is 12.5 Å². The molecule has 10 heteroatoms. The molecule has 0 fully saturated rings. The zero-order valence-electron chi connectivity index (χ0n) is 8.73. The quantitative estimate of drug-likeness (QED) is 0.567. The maximum Gasteiger partial charge on any atom is 0.573 e. The SMILES string of the molecule is N#CCc1c(C(F)(F)F)ncc(I)c1OC(F)(F)F. The normalized spacial score (nSPS) is 12.1. The van der Waals surface area contributed by atoms with Gasteiger partial charge in [-0.2, -0.15) is 18.4 Å². The van der Waals surface area contributed by atoms with Crippen molar-refractivity contribution in [3.63, 3.8) is 0 Å². The van der Waals surface area contributed by atoms with Gasteiger partial charge in [0.1, 0.15) is 0 Å². The average molecular weight is 396 g/mol. The molecule has 0 aliphatic rings. The maximum absolute atomic E-state index is 12.6. The van der Waals surface area contributed by atoms with E-state index < -0.39 is 36.0 Å². The summed E-state index contributed by atoms with van der Waals surface area (Å²) in [6, 6.07) is 1.36. The lowest BCUT2D eigenvalue weighted by atomic mass is 10.1. The van der Waals surface area contributed by atoms with E-state index in [0.29, 0.717) is 6.20 Å². The minimum Gasteiger partial charge on any atom is -0.404 e. The molecule has 0 N–H and O–H groups in total. The molecule has 1 rings (SSSR count). The van der Waals surface area contributed by atoms with Gasteiger partial charge in [-0.25, -0.2) is 0 Å². The summed E-state index contributed by atoms with van der Waals surface area (Å²) >= 11 is 1.35. The predicted octanol–water partition coefficient (Wildman–Crippen LogP) is 3.67. The van der Waals surface area contributed by atoms with Gasteiger partial charge in [-0.15, -0.1) is 13.2 Å². The smallest absolute Gasteiger partial charge is 0.404 e. The van der Waals surface area contributed by atoms with E-state index in [2.05, 4.69) is 9.72 Å². The van der Waals surface area contributed by atoms with E-state index in [-0.39, 0.29) is 3.57 Å². The van der Waals surface area contributed by atoms with Crippen LogP contribution in [0.2, 0.25) is 0 Å². The molecule has 0 amide bonds. The number of hydrogen-bond acceptors (Lipinski definition) is 3. The van der Waals surface area contributed by atoms with Gasteiger partial charge in [0, 0.05) is 11.8 Å². The van der Waals surface area contributed by atoms with Gasteiger partial charge in [-0.3, -0.25) is 4.98 Å². The molecule has 0 aliphatic heterocycles. The molecule has 0 saturated heterocycles. The summed E-state index contributed by atoms with van der Waals surface area (Å²) in [5.41, 5.74) is -2.49. The minimum atomic E-state index is -5.16. The van der Waals surface area contributed by atoms with Crippen molar-refractivity contribution in [3.8, 4) is 11.8 Å². The molecule has 19 heavy (non-hydrogen) atoms. The Morgan fingerprint density at radius 1 is 1.26 bits per heavy atom. The Kier molecular flexibility index (Phi) is 4.49. The number of pyridine rings is 1. The molecule has 3 nitrogen and oxygen atoms in total. The van der Waals surface area contributed by atoms with Crippen LogP contribution in [0.1, 0.15) is 11.3 Å². The van der Waals surface area contributed by atoms with Gasteiger partial charge in [-0.05, 0) is 22.6 Å². The fraction of sp³-hybridized carbons (Fsp3) is 0.333. The van der Waals surface area contributed by atoms with Crippen LogP contribution >= 0.6 is 22.6 Å². The van der Waals surface area contributed by atoms with Gasteiger partial charge in [0.15, 0.2) is 11.4 Å². The largest absolute Gasteiger partial charge is 0.573 e. The van der Waals surface area contributed by atoms with E-state index in [1.807, 2.05) is 0 Å². The van der Waals surface area contributed by atoms with Gasteiger partial charge in [0.05, 0.1) is 16.1 Å². The number of aromatic nitrogens is 1. The lowest BCUT2D eigenvalue weighted by Gasteiger charge is -2.17. The fourth-order valence-electron chi connectivity index (χ4n) is 1.22. The Bertz CT molecular complexity index is 519. The van der Waals surface area contributed by atoms with Crippen LogP contribution in [0.3, 0.4) is 0 Å². The average Bonchev–Trinajstić information content (AvgIpc) is 2.20. The third kappa shape index (κ3) is 4.12. The second-order valence-corrected chi connectivity index (χ2v) is 4.31. The third-order valence-corrected chi connectivity index (χ3v) is 2.59. The van der Waals surface area contributed by atoms with E-state index in [0.717, 1.165) is 0 Å². The van der Waals surface area contributed by atoms with Crippen LogP contribution in [0.25, 0.3) is 0 Å². The first kappa shape index (κ1) is 15.8. The number of nitriles is 1. The molecule has 0 spiro atoms. The van der Waals surface area contributed by atoms with E-state index >= 15 is 0 Å². The standard InChI is InChI=1S/C9H3F6IN2O/c10-8(11,12)7-4(1-2-17)6(5(16)3-18-7)19-9(13,14)15/h3H,1H2. The van der Waals surface area contributed by atoms with Crippen LogP contribution in [0, 0.1) is 14.9 Å². The number of halogens is 7. The number of alkyl halides is 6. The van der Waals surface area contributed by atoms with Crippen LogP contribution < -0.4 is 4.74 Å². The van der Waals surface area contributed by atoms with E-state index in [9.17, 15) is 26.3 Å². The van der Waals surface area contributed by atoms with E-state index in [1.54, 1.807) is 0 Å². The molecule has 1 aromatic heterocycles. The molecular weight excluding hydrogens is 393 g/mol. The lowest BCUT2D eigenvalue weighted by Crippen LogP contribution is -2.21. The summed E-state index contributed by atoms with van der Waals surface area (Å²) in [6.07, 6.45) is -10.4. The molecule has 0 unspecified atom stereocenters. The highest BCUT2D eigenvalue weighted by Gasteiger charge is 2.40. The number of hydrogen-bond donors (Lipinski definition) is 0. The third-order valence-electron chi connectivity index (χ3n) is 1.83. The summed E-state index contributed by atoms with van der Waals surface area (Å²) in [5, 5.41) is 8.44. The summed E-state index contributed by atoms with van der Waals surface area (Å²) in [4.78, 5) is 3.03. The number of rotatable bonds is 2. The Labute approximate surface area is 116 Å². The lowest BCUT2D eigenvalue weighted by molar-refractivity contribution is -0.275. The zero-order chi connectivity index (χ0) is 14.8. The first-order valence-electron chi connectivity index (χ1n) is 4.43. The predicted molar refractivity (Wildman–Crippen MR) is 58.0 cm³/mol. The zero-order valence-corrected chi connectivity index (χ0v) is 10.9. The Morgan fingerprint density at radius 2 is 1.84 bits per heavy atom. The summed E-state index contributed by atoms with van der Waals surface area (Å²) in [5.74, 6) is -1.04. The highest BCUT2D eigenvalue weighted by Crippen LogP contribution is 2.38. The van der Waals surface area contributed by atoms with Gasteiger partial charge in [-0.1, -0.05) is 0 Å². The number of nitrogens with zero attached hydrogens (tertiary/aromatic N) is 2. The molecule has 0 saturated carbocycles. The maximum atomic E-state index is 12.6. The van der Waals surface area contributed by atoms with Crippen LogP contribution in [0.5, 0.6) is 5.75 Å². The first-order chi connectivity index (χ1) is 8.56. The highest BCUT2D eigenvalue weighted by atomic mass is 127. The van der Waals surface area contributed by atoms with Crippen LogP contribution in [-0.2, 0) is 12.6 Å². The molecule has 0 atom stereocenters. The Hall–Kier alpha value is -1.25. The van der Waals surface area contributed by atoms with Crippen LogP contribution in [0.4, 0.5) is 26.3 Å². The Morgan fingerprint density at radius 3 is 2.26 bits per heavy atom. The van der Waals surface area contributed by atoms with Crippen molar-refractivity contribution in [1.82, 2.24) is 4.98 Å². The van der Waals surface area contributed by atoms with Gasteiger partial charge in [0.2, 0.25) is 0 Å². The van der Waals surface area contributed by atoms with E-state index in [4.69, 9.17) is 5.26 Å². The van der Waals surface area contributed by atoms with Crippen LogP contribution in [-0.4, -0.2) is 11.3 Å². The first-order valence-corrected chi connectivity index (χ1v) is 5.51. The summed E-state index contributed by atoms with van der Waals surface area (Å²) < 4.78 is 77.6. The van der Waals surface area contributed by atoms with E-state index in [1.165, 1.54) is 28.7 Å². The molecule has 0 radical (unpaired) electrons. The van der Waals surface area contributed by atoms with Gasteiger partial charge < -0.3 is 4.74 Å². The van der Waals surface area contributed by atoms with Crippen molar-refractivity contribution in [2.24, 2.45) is 0 Å². The van der Waals surface area contributed by atoms with Crippen molar-refractivity contribution in [2.75, 3.05) is 0 Å². The Balaban J connectivity index is 3.47. The molecule has 0 bridgehead atoms. The second-order valence-electron chi connectivity index (χ2n) is 3.14. The molecule has 1 heterocycles. The molecule has 1 aromatic rings. The molecule has 0 aliphatic carbocycles.